The van der Waals surface area contributed by atoms with Gasteiger partial charge in [0, 0.05) is 11.4 Å². The summed E-state index contributed by atoms with van der Waals surface area (Å²) in [5.41, 5.74) is -1.51. The van der Waals surface area contributed by atoms with Crippen molar-refractivity contribution in [1.29, 1.82) is 0 Å². The molecule has 0 nitrogen and oxygen atoms in total. The van der Waals surface area contributed by atoms with Gasteiger partial charge in [0.05, 0.1) is 0 Å². The Morgan fingerprint density at radius 1 is 1.14 bits per heavy atom. The number of halogens is 5. The van der Waals surface area contributed by atoms with Gasteiger partial charge in [0.25, 0.3) is 0 Å². The number of benzene rings is 1. The quantitative estimate of drug-likeness (QED) is 0.346. The first-order valence-corrected chi connectivity index (χ1v) is 3.10. The molecule has 0 heterocycles. The molecular weight excluding hydrogens is 276 g/mol. The van der Waals surface area contributed by atoms with Crippen molar-refractivity contribution >= 4 is 23.1 Å². The monoisotopic (exact) mass is 280 g/mol. The molecule has 0 N–H and O–H groups in total. The van der Waals surface area contributed by atoms with Gasteiger partial charge in [-0.05, 0) is 0 Å². The van der Waals surface area contributed by atoms with Crippen molar-refractivity contribution in [3.05, 3.63) is 42.1 Å². The van der Waals surface area contributed by atoms with Crippen LogP contribution in [0.4, 0.5) is 17.6 Å². The molecule has 0 amide bonds. The molecule has 0 bridgehead atoms. The molecule has 0 aliphatic rings. The van der Waals surface area contributed by atoms with Crippen LogP contribution in [0.1, 0.15) is 11.1 Å². The third-order valence-electron chi connectivity index (χ3n) is 1.38. The van der Waals surface area contributed by atoms with E-state index in [0.29, 0.717) is 6.07 Å². The van der Waals surface area contributed by atoms with Gasteiger partial charge in [0.15, 0.2) is 0 Å². The molecule has 0 fully saturated rings. The first-order valence-electron chi connectivity index (χ1n) is 3.10. The van der Waals surface area contributed by atoms with Crippen molar-refractivity contribution in [2.75, 3.05) is 0 Å². The zero-order chi connectivity index (χ0) is 9.35. The van der Waals surface area contributed by atoms with Gasteiger partial charge in [-0.1, -0.05) is 6.07 Å². The summed E-state index contributed by atoms with van der Waals surface area (Å²) in [5, 5.41) is 0. The molecule has 1 rings (SSSR count). The molecule has 0 radical (unpaired) electrons. The maximum absolute atomic E-state index is 12.7. The zero-order valence-electron chi connectivity index (χ0n) is 7.04. The molecule has 0 unspecified atom stereocenters. The van der Waals surface area contributed by atoms with Crippen LogP contribution in [-0.2, 0) is 6.18 Å². The van der Waals surface area contributed by atoms with Crippen LogP contribution in [0.15, 0.2) is 18.2 Å². The molecule has 1 aromatic rings. The van der Waals surface area contributed by atoms with Crippen molar-refractivity contribution in [3.63, 3.8) is 0 Å². The third kappa shape index (κ3) is 3.66. The van der Waals surface area contributed by atoms with Gasteiger partial charge in [-0.3, -0.25) is 4.39 Å². The summed E-state index contributed by atoms with van der Waals surface area (Å²) in [6, 6.07) is 2.99. The topological polar surface area (TPSA) is 0 Å². The second kappa shape index (κ2) is 5.82. The minimum atomic E-state index is -4.64. The molecule has 1 aromatic carbocycles. The summed E-state index contributed by atoms with van der Waals surface area (Å²) in [4.78, 5) is 0. The molecule has 0 saturated heterocycles. The van der Waals surface area contributed by atoms with E-state index in [9.17, 15) is 17.6 Å². The van der Waals surface area contributed by atoms with Crippen LogP contribution in [0.25, 0.3) is 0 Å². The van der Waals surface area contributed by atoms with Crippen LogP contribution >= 0.6 is 0 Å². The van der Waals surface area contributed by atoms with Gasteiger partial charge in [-0.15, -0.1) is 6.07 Å². The average molecular weight is 281 g/mol. The van der Waals surface area contributed by atoms with E-state index in [0.717, 1.165) is 6.07 Å². The van der Waals surface area contributed by atoms with Crippen LogP contribution < -0.4 is 17.0 Å². The van der Waals surface area contributed by atoms with Crippen molar-refractivity contribution in [1.82, 2.24) is 0 Å². The number of hydrogen-bond donors (Lipinski definition) is 0. The fraction of sp³-hybridized carbons (Fsp3) is 0.125. The minimum Gasteiger partial charge on any atom is -1.00 e. The molecule has 14 heavy (non-hydrogen) atoms. The first kappa shape index (κ1) is 16.5. The van der Waals surface area contributed by atoms with E-state index in [-0.39, 0.29) is 45.6 Å². The van der Waals surface area contributed by atoms with E-state index in [1.54, 1.807) is 0 Å². The van der Waals surface area contributed by atoms with Gasteiger partial charge in [0.1, 0.15) is 0 Å². The summed E-state index contributed by atoms with van der Waals surface area (Å²) < 4.78 is 48.6. The Morgan fingerprint density at radius 2 is 1.64 bits per heavy atom. The largest absolute Gasteiger partial charge is 2.00 e. The van der Waals surface area contributed by atoms with Gasteiger partial charge in [-0.2, -0.15) is 31.7 Å². The number of alkyl halides is 3. The van der Waals surface area contributed by atoms with Crippen LogP contribution in [0.3, 0.4) is 0 Å². The SMILES string of the molecule is [Br-].[CH2-]c1cccc(C(F)(F)F)c1F.[Mg+2]. The second-order valence-corrected chi connectivity index (χ2v) is 2.28. The van der Waals surface area contributed by atoms with Gasteiger partial charge in [0.2, 0.25) is 0 Å². The first-order chi connectivity index (χ1) is 5.43. The van der Waals surface area contributed by atoms with E-state index in [1.807, 2.05) is 0 Å². The predicted molar refractivity (Wildman–Crippen MR) is 41.6 cm³/mol. The standard InChI is InChI=1S/C8H5F4.BrH.Mg/c1-5-3-2-4-6(7(5)9)8(10,11)12;;/h2-4H,1H2;1H;/q-1;;+2/p-1. The number of rotatable bonds is 0. The van der Waals surface area contributed by atoms with E-state index >= 15 is 0 Å². The Labute approximate surface area is 106 Å². The van der Waals surface area contributed by atoms with Crippen LogP contribution in [0.5, 0.6) is 0 Å². The average Bonchev–Trinajstić information content (AvgIpc) is 1.92. The Kier molecular flexibility index (Phi) is 6.85. The Bertz CT molecular complexity index is 298. The van der Waals surface area contributed by atoms with Crippen LogP contribution in [0, 0.1) is 12.7 Å². The Hall–Kier alpha value is 0.0562. The van der Waals surface area contributed by atoms with Crippen LogP contribution in [-0.4, -0.2) is 23.1 Å². The third-order valence-corrected chi connectivity index (χ3v) is 1.38. The fourth-order valence-electron chi connectivity index (χ4n) is 0.799. The molecule has 0 saturated carbocycles. The maximum Gasteiger partial charge on any atom is 2.00 e. The van der Waals surface area contributed by atoms with E-state index in [1.165, 1.54) is 6.07 Å². The molecule has 6 heteroatoms. The van der Waals surface area contributed by atoms with Crippen molar-refractivity contribution in [2.24, 2.45) is 0 Å². The Morgan fingerprint density at radius 3 is 2.00 bits per heavy atom. The van der Waals surface area contributed by atoms with Crippen molar-refractivity contribution in [3.8, 4) is 0 Å². The molecule has 0 atom stereocenters. The van der Waals surface area contributed by atoms with Crippen LogP contribution in [0.2, 0.25) is 0 Å². The van der Waals surface area contributed by atoms with Gasteiger partial charge < -0.3 is 17.0 Å². The fourth-order valence-corrected chi connectivity index (χ4v) is 0.799. The smallest absolute Gasteiger partial charge is 1.00 e. The molecule has 0 spiro atoms. The molecule has 0 aliphatic carbocycles. The van der Waals surface area contributed by atoms with E-state index < -0.39 is 17.6 Å². The van der Waals surface area contributed by atoms with Crippen molar-refractivity contribution < 1.29 is 34.5 Å². The summed E-state index contributed by atoms with van der Waals surface area (Å²) in [7, 11) is 0. The summed E-state index contributed by atoms with van der Waals surface area (Å²) in [5.74, 6) is -1.30. The van der Waals surface area contributed by atoms with E-state index in [4.69, 9.17) is 0 Å². The van der Waals surface area contributed by atoms with Gasteiger partial charge >= 0.3 is 29.2 Å². The van der Waals surface area contributed by atoms with Gasteiger partial charge in [-0.25, -0.2) is 0 Å². The molecule has 0 aliphatic heterocycles. The summed E-state index contributed by atoms with van der Waals surface area (Å²) in [6.45, 7) is 3.12. The minimum absolute atomic E-state index is 0. The maximum atomic E-state index is 12.7. The normalized spacial score (nSPS) is 10.0. The zero-order valence-corrected chi connectivity index (χ0v) is 10.0. The molecule has 74 valence electrons. The van der Waals surface area contributed by atoms with E-state index in [2.05, 4.69) is 6.92 Å². The molecular formula is C8H5BrF4Mg. The summed E-state index contributed by atoms with van der Waals surface area (Å²) >= 11 is 0. The van der Waals surface area contributed by atoms with Crippen molar-refractivity contribution in [2.45, 2.75) is 6.18 Å². The summed E-state index contributed by atoms with van der Waals surface area (Å²) in [6.07, 6.45) is -4.64. The number of hydrogen-bond acceptors (Lipinski definition) is 0. The molecule has 0 aromatic heterocycles. The predicted octanol–water partition coefficient (Wildman–Crippen LogP) is -0.350. The Balaban J connectivity index is 0. The second-order valence-electron chi connectivity index (χ2n) is 2.28.